The summed E-state index contributed by atoms with van der Waals surface area (Å²) in [5.74, 6) is 1.45. The van der Waals surface area contributed by atoms with Gasteiger partial charge >= 0.3 is 5.97 Å². The van der Waals surface area contributed by atoms with Crippen LogP contribution in [0, 0.1) is 26.2 Å². The second kappa shape index (κ2) is 3.31. The smallest absolute Gasteiger partial charge is 0.339 e. The van der Waals surface area contributed by atoms with Gasteiger partial charge in [0.05, 0.1) is 11.4 Å². The van der Waals surface area contributed by atoms with Gasteiger partial charge in [-0.3, -0.25) is 4.68 Å². The van der Waals surface area contributed by atoms with E-state index in [0.717, 1.165) is 0 Å². The molecule has 0 bridgehead atoms. The van der Waals surface area contributed by atoms with E-state index in [2.05, 4.69) is 11.0 Å². The maximum absolute atomic E-state index is 10.8. The molecule has 0 aliphatic carbocycles. The summed E-state index contributed by atoms with van der Waals surface area (Å²) in [6.07, 6.45) is 5.11. The molecule has 1 aromatic rings. The molecule has 0 radical (unpaired) electrons. The fraction of sp³-hybridized carbons (Fsp3) is 0.333. The van der Waals surface area contributed by atoms with Gasteiger partial charge in [-0.25, -0.2) is 4.79 Å². The van der Waals surface area contributed by atoms with Crippen LogP contribution in [-0.4, -0.2) is 20.9 Å². The third-order valence-electron chi connectivity index (χ3n) is 1.84. The van der Waals surface area contributed by atoms with Crippen LogP contribution in [0.25, 0.3) is 0 Å². The van der Waals surface area contributed by atoms with Crippen LogP contribution in [0.5, 0.6) is 0 Å². The molecule has 0 unspecified atom stereocenters. The number of terminal acetylenes is 1. The first-order chi connectivity index (χ1) is 6.07. The zero-order valence-electron chi connectivity index (χ0n) is 7.53. The van der Waals surface area contributed by atoms with Gasteiger partial charge in [0.2, 0.25) is 0 Å². The number of rotatable bonds is 2. The molecule has 0 aliphatic rings. The van der Waals surface area contributed by atoms with Gasteiger partial charge in [-0.05, 0) is 13.8 Å². The monoisotopic (exact) mass is 178 g/mol. The highest BCUT2D eigenvalue weighted by Crippen LogP contribution is 2.12. The van der Waals surface area contributed by atoms with E-state index in [9.17, 15) is 4.79 Å². The molecule has 0 spiro atoms. The van der Waals surface area contributed by atoms with Gasteiger partial charge in [0, 0.05) is 0 Å². The van der Waals surface area contributed by atoms with Crippen molar-refractivity contribution in [2.45, 2.75) is 20.4 Å². The summed E-state index contributed by atoms with van der Waals surface area (Å²) in [7, 11) is 0. The molecule has 13 heavy (non-hydrogen) atoms. The Kier molecular flexibility index (Phi) is 2.38. The maximum atomic E-state index is 10.8. The fourth-order valence-corrected chi connectivity index (χ4v) is 1.25. The van der Waals surface area contributed by atoms with Gasteiger partial charge in [-0.15, -0.1) is 6.42 Å². The lowest BCUT2D eigenvalue weighted by Gasteiger charge is -1.97. The van der Waals surface area contributed by atoms with E-state index in [0.29, 0.717) is 17.9 Å². The van der Waals surface area contributed by atoms with Gasteiger partial charge < -0.3 is 5.11 Å². The van der Waals surface area contributed by atoms with Crippen molar-refractivity contribution in [3.63, 3.8) is 0 Å². The van der Waals surface area contributed by atoms with E-state index in [4.69, 9.17) is 11.5 Å². The van der Waals surface area contributed by atoms with E-state index in [-0.39, 0.29) is 5.56 Å². The highest BCUT2D eigenvalue weighted by molar-refractivity contribution is 5.90. The summed E-state index contributed by atoms with van der Waals surface area (Å²) in [6, 6.07) is 0. The van der Waals surface area contributed by atoms with Crippen LogP contribution in [0.1, 0.15) is 21.7 Å². The molecule has 1 heterocycles. The van der Waals surface area contributed by atoms with E-state index in [1.807, 2.05) is 0 Å². The van der Waals surface area contributed by atoms with E-state index in [1.165, 1.54) is 4.68 Å². The largest absolute Gasteiger partial charge is 0.478 e. The SMILES string of the molecule is C#CCn1nc(C)c(C(=O)O)c1C. The van der Waals surface area contributed by atoms with Gasteiger partial charge in [0.25, 0.3) is 0 Å². The molecule has 0 aromatic carbocycles. The summed E-state index contributed by atoms with van der Waals surface area (Å²) in [5.41, 5.74) is 1.35. The van der Waals surface area contributed by atoms with Crippen molar-refractivity contribution in [1.82, 2.24) is 9.78 Å². The normalized spacial score (nSPS) is 9.62. The molecule has 68 valence electrons. The van der Waals surface area contributed by atoms with Crippen molar-refractivity contribution >= 4 is 5.97 Å². The quantitative estimate of drug-likeness (QED) is 0.682. The van der Waals surface area contributed by atoms with E-state index in [1.54, 1.807) is 13.8 Å². The Morgan fingerprint density at radius 3 is 2.69 bits per heavy atom. The molecule has 0 saturated heterocycles. The first-order valence-electron chi connectivity index (χ1n) is 3.78. The van der Waals surface area contributed by atoms with Crippen LogP contribution in [-0.2, 0) is 6.54 Å². The second-order valence-electron chi connectivity index (χ2n) is 2.71. The van der Waals surface area contributed by atoms with Gasteiger partial charge in [0.1, 0.15) is 12.1 Å². The van der Waals surface area contributed by atoms with E-state index >= 15 is 0 Å². The summed E-state index contributed by atoms with van der Waals surface area (Å²) in [6.45, 7) is 3.66. The van der Waals surface area contributed by atoms with Crippen LogP contribution < -0.4 is 0 Å². The Balaban J connectivity index is 3.24. The minimum absolute atomic E-state index is 0.246. The lowest BCUT2D eigenvalue weighted by Crippen LogP contribution is -2.03. The summed E-state index contributed by atoms with van der Waals surface area (Å²) in [4.78, 5) is 10.8. The van der Waals surface area contributed by atoms with Crippen LogP contribution in [0.3, 0.4) is 0 Å². The maximum Gasteiger partial charge on any atom is 0.339 e. The van der Waals surface area contributed by atoms with Crippen molar-refractivity contribution in [3.05, 3.63) is 17.0 Å². The average Bonchev–Trinajstić information content (AvgIpc) is 2.28. The summed E-state index contributed by atoms with van der Waals surface area (Å²) in [5, 5.41) is 12.8. The van der Waals surface area contributed by atoms with Crippen LogP contribution in [0.2, 0.25) is 0 Å². The van der Waals surface area contributed by atoms with Crippen molar-refractivity contribution in [2.75, 3.05) is 0 Å². The number of nitrogens with zero attached hydrogens (tertiary/aromatic N) is 2. The summed E-state index contributed by atoms with van der Waals surface area (Å²) >= 11 is 0. The van der Waals surface area contributed by atoms with Crippen molar-refractivity contribution in [1.29, 1.82) is 0 Å². The lowest BCUT2D eigenvalue weighted by atomic mass is 10.2. The minimum atomic E-state index is -0.960. The van der Waals surface area contributed by atoms with E-state index < -0.39 is 5.97 Å². The van der Waals surface area contributed by atoms with Crippen molar-refractivity contribution in [3.8, 4) is 12.3 Å². The Bertz CT molecular complexity index is 385. The number of hydrogen-bond donors (Lipinski definition) is 1. The van der Waals surface area contributed by atoms with Crippen LogP contribution >= 0.6 is 0 Å². The molecule has 0 saturated carbocycles. The number of hydrogen-bond acceptors (Lipinski definition) is 2. The standard InChI is InChI=1S/C9H10N2O2/c1-4-5-11-7(3)8(9(12)13)6(2)10-11/h1H,5H2,2-3H3,(H,12,13). The first-order valence-corrected chi connectivity index (χ1v) is 3.78. The molecule has 0 fully saturated rings. The van der Waals surface area contributed by atoms with Crippen LogP contribution in [0.4, 0.5) is 0 Å². The third-order valence-corrected chi connectivity index (χ3v) is 1.84. The number of carboxylic acids is 1. The van der Waals surface area contributed by atoms with Gasteiger partial charge in [-0.1, -0.05) is 5.92 Å². The number of carboxylic acid groups (broad SMARTS) is 1. The van der Waals surface area contributed by atoms with Gasteiger partial charge in [0.15, 0.2) is 0 Å². The topological polar surface area (TPSA) is 55.1 Å². The molecule has 0 atom stereocenters. The number of aryl methyl sites for hydroxylation is 1. The van der Waals surface area contributed by atoms with Crippen LogP contribution in [0.15, 0.2) is 0 Å². The third kappa shape index (κ3) is 1.54. The highest BCUT2D eigenvalue weighted by atomic mass is 16.4. The Morgan fingerprint density at radius 2 is 2.31 bits per heavy atom. The van der Waals surface area contributed by atoms with Crippen molar-refractivity contribution in [2.24, 2.45) is 0 Å². The Hall–Kier alpha value is -1.76. The fourth-order valence-electron chi connectivity index (χ4n) is 1.25. The Morgan fingerprint density at radius 1 is 1.69 bits per heavy atom. The van der Waals surface area contributed by atoms with Crippen molar-refractivity contribution < 1.29 is 9.90 Å². The predicted molar refractivity (Wildman–Crippen MR) is 47.5 cm³/mol. The molecule has 1 aromatic heterocycles. The van der Waals surface area contributed by atoms with Gasteiger partial charge in [-0.2, -0.15) is 5.10 Å². The molecule has 1 rings (SSSR count). The molecular weight excluding hydrogens is 168 g/mol. The number of carbonyl (C=O) groups is 1. The number of aromatic nitrogens is 2. The zero-order valence-corrected chi connectivity index (χ0v) is 7.53. The highest BCUT2D eigenvalue weighted by Gasteiger charge is 2.16. The average molecular weight is 178 g/mol. The first kappa shape index (κ1) is 9.33. The Labute approximate surface area is 76.2 Å². The molecule has 0 amide bonds. The zero-order chi connectivity index (χ0) is 10.0. The number of aromatic carboxylic acids is 1. The predicted octanol–water partition coefficient (Wildman–Crippen LogP) is 0.831. The molecule has 4 nitrogen and oxygen atoms in total. The molecular formula is C9H10N2O2. The lowest BCUT2D eigenvalue weighted by molar-refractivity contribution is 0.0695. The minimum Gasteiger partial charge on any atom is -0.478 e. The molecule has 1 N–H and O–H groups in total. The molecule has 0 aliphatic heterocycles. The molecule has 4 heteroatoms. The summed E-state index contributed by atoms with van der Waals surface area (Å²) < 4.78 is 1.51. The second-order valence-corrected chi connectivity index (χ2v) is 2.71.